The van der Waals surface area contributed by atoms with Gasteiger partial charge in [0.25, 0.3) is 5.96 Å². The van der Waals surface area contributed by atoms with E-state index in [0.29, 0.717) is 26.0 Å². The van der Waals surface area contributed by atoms with E-state index in [-0.39, 0.29) is 12.5 Å². The summed E-state index contributed by atoms with van der Waals surface area (Å²) < 4.78 is 5.35. The van der Waals surface area contributed by atoms with E-state index in [0.717, 1.165) is 11.3 Å². The molecule has 0 heterocycles. The standard InChI is InChI=1S/C15H23N5O5/c1-2-25-12-7-5-11(6-8-12)10-18-13(14(21)22)4-3-9-17-15(16)19-20(23)24/h5-8,13,18H,2-4,9-10H2,1H3,(H,21,22)(H3,16,17,19)/t13-/m1/s1. The zero-order chi connectivity index (χ0) is 18.7. The summed E-state index contributed by atoms with van der Waals surface area (Å²) in [5.74, 6) is -0.502. The normalized spacial score (nSPS) is 12.4. The second-order valence-electron chi connectivity index (χ2n) is 5.14. The smallest absolute Gasteiger partial charge is 0.320 e. The largest absolute Gasteiger partial charge is 0.494 e. The number of hydrogen-bond donors (Lipinski definition) is 4. The lowest BCUT2D eigenvalue weighted by molar-refractivity contribution is -0.485. The van der Waals surface area contributed by atoms with Gasteiger partial charge in [-0.05, 0) is 37.5 Å². The van der Waals surface area contributed by atoms with Gasteiger partial charge in [0.15, 0.2) is 5.03 Å². The van der Waals surface area contributed by atoms with Gasteiger partial charge >= 0.3 is 5.97 Å². The molecule has 0 saturated carbocycles. The monoisotopic (exact) mass is 353 g/mol. The van der Waals surface area contributed by atoms with E-state index in [1.807, 2.05) is 31.2 Å². The Labute approximate surface area is 145 Å². The maximum atomic E-state index is 11.3. The van der Waals surface area contributed by atoms with Gasteiger partial charge < -0.3 is 26.2 Å². The number of aliphatic carboxylic acids is 1. The van der Waals surface area contributed by atoms with Gasteiger partial charge in [-0.15, -0.1) is 0 Å². The van der Waals surface area contributed by atoms with Crippen LogP contribution in [0.2, 0.25) is 0 Å². The van der Waals surface area contributed by atoms with Crippen LogP contribution in [0.25, 0.3) is 0 Å². The Balaban J connectivity index is 2.39. The van der Waals surface area contributed by atoms with Crippen molar-refractivity contribution in [1.29, 1.82) is 0 Å². The van der Waals surface area contributed by atoms with E-state index >= 15 is 0 Å². The minimum atomic E-state index is -0.960. The zero-order valence-electron chi connectivity index (χ0n) is 14.0. The fraction of sp³-hybridized carbons (Fsp3) is 0.467. The Kier molecular flexibility index (Phi) is 8.72. The maximum Gasteiger partial charge on any atom is 0.320 e. The van der Waals surface area contributed by atoms with E-state index in [2.05, 4.69) is 15.7 Å². The SMILES string of the molecule is CCOc1ccc(CN[C@H](CCCNC(N)=N[N+](=O)[O-])C(=O)O)cc1. The first-order chi connectivity index (χ1) is 11.9. The number of rotatable bonds is 11. The molecule has 0 spiro atoms. The highest BCUT2D eigenvalue weighted by atomic mass is 16.7. The number of ether oxygens (including phenoxy) is 1. The van der Waals surface area contributed by atoms with E-state index in [4.69, 9.17) is 10.5 Å². The molecule has 138 valence electrons. The summed E-state index contributed by atoms with van der Waals surface area (Å²) in [5.41, 5.74) is 6.21. The highest BCUT2D eigenvalue weighted by Crippen LogP contribution is 2.12. The number of benzene rings is 1. The van der Waals surface area contributed by atoms with Gasteiger partial charge in [-0.25, -0.2) is 10.1 Å². The van der Waals surface area contributed by atoms with Crippen molar-refractivity contribution in [3.63, 3.8) is 0 Å². The number of nitrogens with one attached hydrogen (secondary N) is 2. The molecule has 0 bridgehead atoms. The molecule has 0 aliphatic heterocycles. The number of hydrazone groups is 1. The van der Waals surface area contributed by atoms with Crippen LogP contribution in [0, 0.1) is 10.1 Å². The molecule has 0 aliphatic carbocycles. The molecule has 25 heavy (non-hydrogen) atoms. The molecule has 10 nitrogen and oxygen atoms in total. The number of carboxylic acid groups (broad SMARTS) is 1. The summed E-state index contributed by atoms with van der Waals surface area (Å²) >= 11 is 0. The summed E-state index contributed by atoms with van der Waals surface area (Å²) in [6.45, 7) is 3.18. The van der Waals surface area contributed by atoms with E-state index in [9.17, 15) is 20.0 Å². The third-order valence-electron chi connectivity index (χ3n) is 3.25. The quantitative estimate of drug-likeness (QED) is 0.148. The van der Waals surface area contributed by atoms with Crippen molar-refractivity contribution in [3.05, 3.63) is 39.9 Å². The van der Waals surface area contributed by atoms with E-state index in [1.54, 1.807) is 0 Å². The molecule has 5 N–H and O–H groups in total. The molecule has 0 unspecified atom stereocenters. The minimum absolute atomic E-state index is 0.289. The van der Waals surface area contributed by atoms with Crippen LogP contribution in [0.15, 0.2) is 29.4 Å². The van der Waals surface area contributed by atoms with Gasteiger partial charge in [-0.2, -0.15) is 0 Å². The Morgan fingerprint density at radius 1 is 1.44 bits per heavy atom. The molecule has 0 fully saturated rings. The van der Waals surface area contributed by atoms with Crippen LogP contribution < -0.4 is 21.1 Å². The molecule has 1 rings (SSSR count). The first-order valence-electron chi connectivity index (χ1n) is 7.82. The van der Waals surface area contributed by atoms with Crippen molar-refractivity contribution in [3.8, 4) is 5.75 Å². The van der Waals surface area contributed by atoms with Crippen LogP contribution in [0.4, 0.5) is 0 Å². The Morgan fingerprint density at radius 3 is 2.68 bits per heavy atom. The molecular weight excluding hydrogens is 330 g/mol. The van der Waals surface area contributed by atoms with Crippen molar-refractivity contribution in [2.45, 2.75) is 32.4 Å². The van der Waals surface area contributed by atoms with Gasteiger partial charge in [0, 0.05) is 13.1 Å². The van der Waals surface area contributed by atoms with Gasteiger partial charge in [0.1, 0.15) is 16.9 Å². The molecular formula is C15H23N5O5. The second kappa shape index (κ2) is 10.8. The van der Waals surface area contributed by atoms with Gasteiger partial charge in [0.05, 0.1) is 6.61 Å². The van der Waals surface area contributed by atoms with Gasteiger partial charge in [0.2, 0.25) is 0 Å². The lowest BCUT2D eigenvalue weighted by Crippen LogP contribution is -2.38. The number of carboxylic acids is 1. The van der Waals surface area contributed by atoms with Crippen molar-refractivity contribution in [2.75, 3.05) is 13.2 Å². The third-order valence-corrected chi connectivity index (χ3v) is 3.25. The topological polar surface area (TPSA) is 152 Å². The lowest BCUT2D eigenvalue weighted by Gasteiger charge is -2.15. The Morgan fingerprint density at radius 2 is 2.12 bits per heavy atom. The number of nitrogens with two attached hydrogens (primary N) is 1. The Hall–Kier alpha value is -2.88. The van der Waals surface area contributed by atoms with Crippen molar-refractivity contribution in [2.24, 2.45) is 10.8 Å². The summed E-state index contributed by atoms with van der Waals surface area (Å²) in [4.78, 5) is 21.4. The average molecular weight is 353 g/mol. The van der Waals surface area contributed by atoms with Crippen LogP contribution in [0.1, 0.15) is 25.3 Å². The highest BCUT2D eigenvalue weighted by Gasteiger charge is 2.16. The fourth-order valence-corrected chi connectivity index (χ4v) is 2.07. The summed E-state index contributed by atoms with van der Waals surface area (Å²) in [6.07, 6.45) is 0.798. The van der Waals surface area contributed by atoms with Crippen LogP contribution in [-0.4, -0.2) is 41.3 Å². The average Bonchev–Trinajstić information content (AvgIpc) is 2.54. The predicted octanol–water partition coefficient (Wildman–Crippen LogP) is 0.504. The summed E-state index contributed by atoms with van der Waals surface area (Å²) in [6, 6.07) is 6.66. The summed E-state index contributed by atoms with van der Waals surface area (Å²) in [7, 11) is 0. The predicted molar refractivity (Wildman–Crippen MR) is 91.7 cm³/mol. The first-order valence-corrected chi connectivity index (χ1v) is 7.82. The van der Waals surface area contributed by atoms with Crippen LogP contribution in [0.3, 0.4) is 0 Å². The Bertz CT molecular complexity index is 590. The van der Waals surface area contributed by atoms with Crippen LogP contribution >= 0.6 is 0 Å². The number of nitro groups is 1. The van der Waals surface area contributed by atoms with Crippen molar-refractivity contribution < 1.29 is 19.7 Å². The van der Waals surface area contributed by atoms with Crippen molar-refractivity contribution >= 4 is 11.9 Å². The fourth-order valence-electron chi connectivity index (χ4n) is 2.07. The lowest BCUT2D eigenvalue weighted by atomic mass is 10.1. The summed E-state index contributed by atoms with van der Waals surface area (Å²) in [5, 5.41) is 26.9. The molecule has 0 aliphatic rings. The molecule has 1 aromatic rings. The van der Waals surface area contributed by atoms with Gasteiger partial charge in [-0.1, -0.05) is 12.1 Å². The van der Waals surface area contributed by atoms with E-state index < -0.39 is 17.0 Å². The molecule has 0 amide bonds. The third kappa shape index (κ3) is 8.51. The zero-order valence-corrected chi connectivity index (χ0v) is 14.0. The number of carbonyl (C=O) groups is 1. The number of hydrogen-bond acceptors (Lipinski definition) is 5. The van der Waals surface area contributed by atoms with Crippen molar-refractivity contribution in [1.82, 2.24) is 10.6 Å². The number of guanidine groups is 1. The van der Waals surface area contributed by atoms with E-state index in [1.165, 1.54) is 0 Å². The first kappa shape index (κ1) is 20.2. The minimum Gasteiger partial charge on any atom is -0.494 e. The second-order valence-corrected chi connectivity index (χ2v) is 5.14. The van der Waals surface area contributed by atoms with Crippen LogP contribution in [-0.2, 0) is 11.3 Å². The number of nitrogens with zero attached hydrogens (tertiary/aromatic N) is 2. The maximum absolute atomic E-state index is 11.3. The molecule has 10 heteroatoms. The molecule has 1 aromatic carbocycles. The molecule has 0 radical (unpaired) electrons. The molecule has 0 aromatic heterocycles. The molecule has 1 atom stereocenters. The van der Waals surface area contributed by atoms with Gasteiger partial charge in [-0.3, -0.25) is 4.79 Å². The molecule has 0 saturated heterocycles. The highest BCUT2D eigenvalue weighted by molar-refractivity contribution is 5.77. The van der Waals surface area contributed by atoms with Crippen LogP contribution in [0.5, 0.6) is 5.75 Å².